The van der Waals surface area contributed by atoms with E-state index in [9.17, 15) is 22.8 Å². The number of nitrogens with zero attached hydrogens (tertiary/aromatic N) is 2. The molecule has 0 aliphatic heterocycles. The van der Waals surface area contributed by atoms with Crippen LogP contribution >= 0.6 is 0 Å². The molecule has 156 valence electrons. The molecule has 0 radical (unpaired) electrons. The van der Waals surface area contributed by atoms with E-state index < -0.39 is 41.5 Å². The topological polar surface area (TPSA) is 85.2 Å². The van der Waals surface area contributed by atoms with Gasteiger partial charge >= 0.3 is 0 Å². The first-order chi connectivity index (χ1) is 14.3. The van der Waals surface area contributed by atoms with E-state index >= 15 is 0 Å². The molecule has 7 nitrogen and oxygen atoms in total. The molecule has 0 spiro atoms. The third-order valence-corrected chi connectivity index (χ3v) is 4.12. The normalized spacial score (nSPS) is 10.5. The van der Waals surface area contributed by atoms with Crippen LogP contribution in [-0.2, 0) is 18.4 Å². The van der Waals surface area contributed by atoms with Crippen LogP contribution in [0.3, 0.4) is 0 Å². The van der Waals surface area contributed by atoms with Crippen LogP contribution in [0.4, 0.5) is 18.9 Å². The fourth-order valence-corrected chi connectivity index (χ4v) is 2.47. The summed E-state index contributed by atoms with van der Waals surface area (Å²) in [5, 5.41) is 4.42. The van der Waals surface area contributed by atoms with Crippen LogP contribution in [0.15, 0.2) is 48.8 Å². The molecule has 0 unspecified atom stereocenters. The van der Waals surface area contributed by atoms with Gasteiger partial charge in [0.1, 0.15) is 18.2 Å². The predicted molar refractivity (Wildman–Crippen MR) is 101 cm³/mol. The Morgan fingerprint density at radius 2 is 1.80 bits per heavy atom. The number of hydrogen-bond acceptors (Lipinski definition) is 4. The minimum Gasteiger partial charge on any atom is -0.486 e. The number of carbonyl (C=O) groups excluding carboxylic acids is 2. The number of imidazole rings is 1. The molecule has 0 bridgehead atoms. The van der Waals surface area contributed by atoms with Crippen molar-refractivity contribution in [3.63, 3.8) is 0 Å². The summed E-state index contributed by atoms with van der Waals surface area (Å²) in [6.45, 7) is -0.232. The second kappa shape index (κ2) is 9.12. The molecule has 0 aliphatic rings. The number of hydrogen-bond donors (Lipinski definition) is 2. The van der Waals surface area contributed by atoms with E-state index in [0.29, 0.717) is 11.8 Å². The highest BCUT2D eigenvalue weighted by atomic mass is 19.2. The zero-order valence-electron chi connectivity index (χ0n) is 15.8. The smallest absolute Gasteiger partial charge is 0.251 e. The summed E-state index contributed by atoms with van der Waals surface area (Å²) in [4.78, 5) is 28.1. The van der Waals surface area contributed by atoms with Crippen molar-refractivity contribution < 1.29 is 27.5 Å². The number of amides is 2. The molecule has 0 saturated heterocycles. The number of nitrogens with one attached hydrogen (secondary N) is 2. The van der Waals surface area contributed by atoms with Gasteiger partial charge < -0.3 is 19.9 Å². The van der Waals surface area contributed by atoms with Gasteiger partial charge in [-0.15, -0.1) is 0 Å². The highest BCUT2D eigenvalue weighted by Gasteiger charge is 2.16. The van der Waals surface area contributed by atoms with E-state index in [4.69, 9.17) is 4.74 Å². The number of aromatic nitrogens is 2. The van der Waals surface area contributed by atoms with E-state index in [2.05, 4.69) is 15.6 Å². The Bertz CT molecular complexity index is 1070. The number of anilines is 1. The summed E-state index contributed by atoms with van der Waals surface area (Å²) in [6.07, 6.45) is 3.45. The molecule has 0 saturated carbocycles. The molecule has 0 atom stereocenters. The number of ether oxygens (including phenoxy) is 1. The second-order valence-electron chi connectivity index (χ2n) is 6.22. The minimum atomic E-state index is -1.69. The van der Waals surface area contributed by atoms with Crippen LogP contribution in [0.25, 0.3) is 0 Å². The monoisotopic (exact) mass is 418 g/mol. The summed E-state index contributed by atoms with van der Waals surface area (Å²) in [5.41, 5.74) is -0.256. The van der Waals surface area contributed by atoms with Crippen LogP contribution in [-0.4, -0.2) is 27.9 Å². The van der Waals surface area contributed by atoms with Crippen LogP contribution < -0.4 is 15.4 Å². The SMILES string of the molecule is Cn1ccnc1COc1ccc(C(=O)NCC(=O)Nc2ccc(F)c(F)c2F)cc1. The van der Waals surface area contributed by atoms with Crippen LogP contribution in [0.2, 0.25) is 0 Å². The van der Waals surface area contributed by atoms with Gasteiger partial charge in [0.15, 0.2) is 17.5 Å². The van der Waals surface area contributed by atoms with Gasteiger partial charge in [-0.05, 0) is 36.4 Å². The average molecular weight is 418 g/mol. The van der Waals surface area contributed by atoms with Crippen molar-refractivity contribution in [2.45, 2.75) is 6.61 Å². The Kier molecular flexibility index (Phi) is 6.35. The second-order valence-corrected chi connectivity index (χ2v) is 6.22. The first kappa shape index (κ1) is 20.9. The largest absolute Gasteiger partial charge is 0.486 e. The third-order valence-electron chi connectivity index (χ3n) is 4.12. The molecule has 2 aromatic carbocycles. The van der Waals surface area contributed by atoms with Gasteiger partial charge in [0.05, 0.1) is 12.2 Å². The van der Waals surface area contributed by atoms with Gasteiger partial charge in [0.2, 0.25) is 5.91 Å². The van der Waals surface area contributed by atoms with Gasteiger partial charge in [-0.2, -0.15) is 0 Å². The Morgan fingerprint density at radius 3 is 2.47 bits per heavy atom. The highest BCUT2D eigenvalue weighted by Crippen LogP contribution is 2.19. The van der Waals surface area contributed by atoms with Crippen LogP contribution in [0, 0.1) is 17.5 Å². The summed E-state index contributed by atoms with van der Waals surface area (Å²) >= 11 is 0. The van der Waals surface area contributed by atoms with Gasteiger partial charge in [-0.3, -0.25) is 9.59 Å². The fourth-order valence-electron chi connectivity index (χ4n) is 2.47. The average Bonchev–Trinajstić information content (AvgIpc) is 3.16. The maximum Gasteiger partial charge on any atom is 0.251 e. The lowest BCUT2D eigenvalue weighted by Gasteiger charge is -2.09. The first-order valence-corrected chi connectivity index (χ1v) is 8.75. The molecule has 30 heavy (non-hydrogen) atoms. The van der Waals surface area contributed by atoms with Crippen molar-refractivity contribution in [1.29, 1.82) is 0 Å². The predicted octanol–water partition coefficient (Wildman–Crippen LogP) is 2.78. The maximum atomic E-state index is 13.6. The fraction of sp³-hybridized carbons (Fsp3) is 0.150. The number of benzene rings is 2. The lowest BCUT2D eigenvalue weighted by molar-refractivity contribution is -0.115. The van der Waals surface area contributed by atoms with Crippen molar-refractivity contribution in [3.8, 4) is 5.75 Å². The zero-order chi connectivity index (χ0) is 21.7. The molecule has 10 heteroatoms. The summed E-state index contributed by atoms with van der Waals surface area (Å²) in [7, 11) is 1.84. The lowest BCUT2D eigenvalue weighted by Crippen LogP contribution is -2.33. The van der Waals surface area contributed by atoms with Crippen molar-refractivity contribution >= 4 is 17.5 Å². The van der Waals surface area contributed by atoms with Crippen molar-refractivity contribution in [3.05, 3.63) is 77.6 Å². The molecule has 0 fully saturated rings. The third kappa shape index (κ3) is 4.96. The molecule has 3 aromatic rings. The maximum absolute atomic E-state index is 13.6. The molecule has 0 aliphatic carbocycles. The Labute approximate surface area is 169 Å². The van der Waals surface area contributed by atoms with E-state index in [-0.39, 0.29) is 12.2 Å². The van der Waals surface area contributed by atoms with Crippen molar-refractivity contribution in [1.82, 2.24) is 14.9 Å². The number of halogens is 3. The number of carbonyl (C=O) groups is 2. The van der Waals surface area contributed by atoms with Crippen LogP contribution in [0.5, 0.6) is 5.75 Å². The summed E-state index contributed by atoms with van der Waals surface area (Å²) in [5.74, 6) is -4.67. The van der Waals surface area contributed by atoms with Gasteiger partial charge in [0, 0.05) is 25.0 Å². The summed E-state index contributed by atoms with van der Waals surface area (Å²) < 4.78 is 47.1. The zero-order valence-corrected chi connectivity index (χ0v) is 15.8. The standard InChI is InChI=1S/C20H17F3N4O3/c1-27-9-8-24-16(27)11-30-13-4-2-12(3-5-13)20(29)25-10-17(28)26-15-7-6-14(21)18(22)19(15)23/h2-9H,10-11H2,1H3,(H,25,29)(H,26,28). The van der Waals surface area contributed by atoms with Crippen molar-refractivity contribution in [2.75, 3.05) is 11.9 Å². The Balaban J connectivity index is 1.50. The molecule has 2 amide bonds. The van der Waals surface area contributed by atoms with Crippen molar-refractivity contribution in [2.24, 2.45) is 7.05 Å². The minimum absolute atomic E-state index is 0.260. The molecular weight excluding hydrogens is 401 g/mol. The van der Waals surface area contributed by atoms with Gasteiger partial charge in [-0.1, -0.05) is 0 Å². The molecule has 1 aromatic heterocycles. The van der Waals surface area contributed by atoms with E-state index in [1.165, 1.54) is 12.1 Å². The molecule has 3 rings (SSSR count). The number of aryl methyl sites for hydroxylation is 1. The molecular formula is C20H17F3N4O3. The molecule has 1 heterocycles. The first-order valence-electron chi connectivity index (χ1n) is 8.75. The Morgan fingerprint density at radius 1 is 1.07 bits per heavy atom. The Hall–Kier alpha value is -3.82. The molecule has 2 N–H and O–H groups in total. The van der Waals surface area contributed by atoms with Gasteiger partial charge in [-0.25, -0.2) is 18.2 Å². The highest BCUT2D eigenvalue weighted by molar-refractivity contribution is 5.99. The summed E-state index contributed by atoms with van der Waals surface area (Å²) in [6, 6.07) is 7.77. The van der Waals surface area contributed by atoms with E-state index in [1.807, 2.05) is 11.6 Å². The van der Waals surface area contributed by atoms with Crippen LogP contribution in [0.1, 0.15) is 16.2 Å². The van der Waals surface area contributed by atoms with Gasteiger partial charge in [0.25, 0.3) is 5.91 Å². The lowest BCUT2D eigenvalue weighted by atomic mass is 10.2. The van der Waals surface area contributed by atoms with E-state index in [0.717, 1.165) is 11.9 Å². The quantitative estimate of drug-likeness (QED) is 0.578. The van der Waals surface area contributed by atoms with E-state index in [1.54, 1.807) is 24.5 Å². The number of rotatable bonds is 7.